The van der Waals surface area contributed by atoms with Crippen LogP contribution in [0.4, 0.5) is 5.69 Å². The predicted octanol–water partition coefficient (Wildman–Crippen LogP) is 2.22. The Kier molecular flexibility index (Phi) is 5.36. The van der Waals surface area contributed by atoms with E-state index in [1.807, 2.05) is 13.8 Å². The first-order valence-electron chi connectivity index (χ1n) is 7.81. The monoisotopic (exact) mass is 318 g/mol. The number of hydrogen-bond donors (Lipinski definition) is 2. The zero-order valence-corrected chi connectivity index (χ0v) is 13.4. The molecule has 1 heterocycles. The molecule has 0 radical (unpaired) electrons. The maximum atomic E-state index is 12.5. The van der Waals surface area contributed by atoms with E-state index in [1.165, 1.54) is 0 Å². The molecule has 1 aromatic carbocycles. The van der Waals surface area contributed by atoms with Crippen molar-refractivity contribution in [2.45, 2.75) is 26.7 Å². The Labute approximate surface area is 135 Å². The first kappa shape index (κ1) is 17.0. The van der Waals surface area contributed by atoms with Crippen molar-refractivity contribution in [1.82, 2.24) is 4.90 Å². The lowest BCUT2D eigenvalue weighted by atomic mass is 9.97. The third-order valence-corrected chi connectivity index (χ3v) is 3.98. The van der Waals surface area contributed by atoms with Gasteiger partial charge in [0.05, 0.1) is 5.92 Å². The van der Waals surface area contributed by atoms with Gasteiger partial charge in [-0.1, -0.05) is 13.8 Å². The fourth-order valence-electron chi connectivity index (χ4n) is 2.53. The normalized spacial score (nSPS) is 17.9. The van der Waals surface area contributed by atoms with Gasteiger partial charge in [-0.05, 0) is 37.1 Å². The van der Waals surface area contributed by atoms with Crippen LogP contribution in [0.15, 0.2) is 24.3 Å². The van der Waals surface area contributed by atoms with Crippen LogP contribution in [0.2, 0.25) is 0 Å². The number of carbonyl (C=O) groups is 3. The molecule has 1 fully saturated rings. The minimum absolute atomic E-state index is 0.0793. The second-order valence-electron chi connectivity index (χ2n) is 6.15. The molecule has 0 saturated carbocycles. The van der Waals surface area contributed by atoms with Crippen LogP contribution in [0.5, 0.6) is 0 Å². The molecular formula is C17H22N2O4. The van der Waals surface area contributed by atoms with E-state index in [4.69, 9.17) is 5.11 Å². The molecule has 1 aliphatic heterocycles. The standard InChI is InChI=1S/C17H22N2O4/c1-11(2)15(20)18-14-7-5-12(6-8-14)16(21)19-9-3-4-13(10-19)17(22)23/h5-8,11,13H,3-4,9-10H2,1-2H3,(H,18,20)(H,22,23)/t13-/m0/s1. The third-order valence-electron chi connectivity index (χ3n) is 3.98. The summed E-state index contributed by atoms with van der Waals surface area (Å²) < 4.78 is 0. The number of likely N-dealkylation sites (tertiary alicyclic amines) is 1. The summed E-state index contributed by atoms with van der Waals surface area (Å²) in [6.45, 7) is 4.44. The van der Waals surface area contributed by atoms with Crippen molar-refractivity contribution in [3.63, 3.8) is 0 Å². The van der Waals surface area contributed by atoms with E-state index in [9.17, 15) is 14.4 Å². The number of anilines is 1. The molecule has 1 aromatic rings. The van der Waals surface area contributed by atoms with Crippen molar-refractivity contribution in [3.8, 4) is 0 Å². The van der Waals surface area contributed by atoms with E-state index in [2.05, 4.69) is 5.32 Å². The second kappa shape index (κ2) is 7.26. The average Bonchev–Trinajstić information content (AvgIpc) is 2.55. The number of carboxylic acid groups (broad SMARTS) is 1. The summed E-state index contributed by atoms with van der Waals surface area (Å²) in [5.74, 6) is -1.70. The molecule has 2 rings (SSSR count). The molecule has 2 N–H and O–H groups in total. The number of hydrogen-bond acceptors (Lipinski definition) is 3. The molecule has 0 bridgehead atoms. The fourth-order valence-corrected chi connectivity index (χ4v) is 2.53. The Bertz CT molecular complexity index is 595. The number of carboxylic acids is 1. The third kappa shape index (κ3) is 4.31. The smallest absolute Gasteiger partial charge is 0.308 e. The molecule has 1 aliphatic rings. The highest BCUT2D eigenvalue weighted by atomic mass is 16.4. The molecule has 0 aliphatic carbocycles. The van der Waals surface area contributed by atoms with Gasteiger partial charge in [-0.25, -0.2) is 0 Å². The van der Waals surface area contributed by atoms with Crippen LogP contribution in [0.25, 0.3) is 0 Å². The highest BCUT2D eigenvalue weighted by Gasteiger charge is 2.28. The van der Waals surface area contributed by atoms with E-state index in [0.717, 1.165) is 0 Å². The second-order valence-corrected chi connectivity index (χ2v) is 6.15. The SMILES string of the molecule is CC(C)C(=O)Nc1ccc(C(=O)N2CCC[C@H](C(=O)O)C2)cc1. The van der Waals surface area contributed by atoms with Gasteiger partial charge in [-0.2, -0.15) is 0 Å². The van der Waals surface area contributed by atoms with Gasteiger partial charge < -0.3 is 15.3 Å². The number of nitrogens with zero attached hydrogens (tertiary/aromatic N) is 1. The molecule has 6 nitrogen and oxygen atoms in total. The molecule has 2 amide bonds. The maximum absolute atomic E-state index is 12.5. The van der Waals surface area contributed by atoms with Crippen LogP contribution >= 0.6 is 0 Å². The molecule has 0 unspecified atom stereocenters. The molecule has 1 saturated heterocycles. The zero-order valence-electron chi connectivity index (χ0n) is 13.4. The van der Waals surface area contributed by atoms with E-state index >= 15 is 0 Å². The summed E-state index contributed by atoms with van der Waals surface area (Å²) in [4.78, 5) is 36.8. The van der Waals surface area contributed by atoms with Crippen LogP contribution < -0.4 is 5.32 Å². The highest BCUT2D eigenvalue weighted by Crippen LogP contribution is 2.20. The molecule has 0 spiro atoms. The van der Waals surface area contributed by atoms with Gasteiger partial charge in [-0.15, -0.1) is 0 Å². The number of aliphatic carboxylic acids is 1. The average molecular weight is 318 g/mol. The lowest BCUT2D eigenvalue weighted by Crippen LogP contribution is -2.42. The van der Waals surface area contributed by atoms with Crippen LogP contribution in [0, 0.1) is 11.8 Å². The quantitative estimate of drug-likeness (QED) is 0.891. The van der Waals surface area contributed by atoms with Gasteiger partial charge in [0.1, 0.15) is 0 Å². The Balaban J connectivity index is 2.02. The molecule has 23 heavy (non-hydrogen) atoms. The number of carbonyl (C=O) groups excluding carboxylic acids is 2. The van der Waals surface area contributed by atoms with Crippen LogP contribution in [-0.2, 0) is 9.59 Å². The van der Waals surface area contributed by atoms with Crippen molar-refractivity contribution in [2.24, 2.45) is 11.8 Å². The fraction of sp³-hybridized carbons (Fsp3) is 0.471. The van der Waals surface area contributed by atoms with Crippen LogP contribution in [0.1, 0.15) is 37.0 Å². The highest BCUT2D eigenvalue weighted by molar-refractivity contribution is 5.96. The van der Waals surface area contributed by atoms with E-state index in [0.29, 0.717) is 30.6 Å². The van der Waals surface area contributed by atoms with E-state index in [-0.39, 0.29) is 24.3 Å². The van der Waals surface area contributed by atoms with Gasteiger partial charge in [0.15, 0.2) is 0 Å². The molecule has 6 heteroatoms. The summed E-state index contributed by atoms with van der Waals surface area (Å²) in [6, 6.07) is 6.68. The first-order chi connectivity index (χ1) is 10.9. The molecule has 0 aromatic heterocycles. The first-order valence-corrected chi connectivity index (χ1v) is 7.81. The Morgan fingerprint density at radius 1 is 1.22 bits per heavy atom. The summed E-state index contributed by atoms with van der Waals surface area (Å²) in [6.07, 6.45) is 1.31. The minimum Gasteiger partial charge on any atom is -0.481 e. The van der Waals surface area contributed by atoms with Gasteiger partial charge in [0.25, 0.3) is 5.91 Å². The lowest BCUT2D eigenvalue weighted by Gasteiger charge is -2.30. The van der Waals surface area contributed by atoms with Crippen molar-refractivity contribution >= 4 is 23.5 Å². The number of nitrogens with one attached hydrogen (secondary N) is 1. The summed E-state index contributed by atoms with van der Waals surface area (Å²) >= 11 is 0. The molecule has 1 atom stereocenters. The molecular weight excluding hydrogens is 296 g/mol. The number of benzene rings is 1. The van der Waals surface area contributed by atoms with Crippen molar-refractivity contribution in [3.05, 3.63) is 29.8 Å². The lowest BCUT2D eigenvalue weighted by molar-refractivity contribution is -0.143. The predicted molar refractivity (Wildman–Crippen MR) is 86.2 cm³/mol. The Morgan fingerprint density at radius 3 is 2.43 bits per heavy atom. The van der Waals surface area contributed by atoms with Gasteiger partial charge >= 0.3 is 5.97 Å². The van der Waals surface area contributed by atoms with Gasteiger partial charge in [0, 0.05) is 30.3 Å². The van der Waals surface area contributed by atoms with Crippen molar-refractivity contribution < 1.29 is 19.5 Å². The van der Waals surface area contributed by atoms with Crippen molar-refractivity contribution in [2.75, 3.05) is 18.4 Å². The van der Waals surface area contributed by atoms with E-state index < -0.39 is 11.9 Å². The van der Waals surface area contributed by atoms with Gasteiger partial charge in [-0.3, -0.25) is 14.4 Å². The largest absolute Gasteiger partial charge is 0.481 e. The van der Waals surface area contributed by atoms with Gasteiger partial charge in [0.2, 0.25) is 5.91 Å². The minimum atomic E-state index is -0.853. The van der Waals surface area contributed by atoms with Crippen molar-refractivity contribution in [1.29, 1.82) is 0 Å². The number of amides is 2. The number of piperidine rings is 1. The maximum Gasteiger partial charge on any atom is 0.308 e. The Morgan fingerprint density at radius 2 is 1.87 bits per heavy atom. The Hall–Kier alpha value is -2.37. The van der Waals surface area contributed by atoms with E-state index in [1.54, 1.807) is 29.2 Å². The van der Waals surface area contributed by atoms with Crippen LogP contribution in [-0.4, -0.2) is 40.9 Å². The zero-order chi connectivity index (χ0) is 17.0. The summed E-state index contributed by atoms with van der Waals surface area (Å²) in [5.41, 5.74) is 1.14. The number of rotatable bonds is 4. The summed E-state index contributed by atoms with van der Waals surface area (Å²) in [5, 5.41) is 11.9. The summed E-state index contributed by atoms with van der Waals surface area (Å²) in [7, 11) is 0. The molecule has 124 valence electrons. The topological polar surface area (TPSA) is 86.7 Å². The van der Waals surface area contributed by atoms with Crippen LogP contribution in [0.3, 0.4) is 0 Å².